The van der Waals surface area contributed by atoms with E-state index in [1.54, 1.807) is 18.0 Å². The zero-order valence-electron chi connectivity index (χ0n) is 32.3. The van der Waals surface area contributed by atoms with Crippen molar-refractivity contribution < 1.29 is 38.8 Å². The standard InChI is InChI=1S/C44H55N3O8/c1-5-24-53-44-40(47(3)43(50)51-4)27-38(46-54-28-31-15-7-6-8-16-31)36-25-32(17-9-11-22-48)35(19-10-12-23-49)41(42(36)44)37-26-34(20-21-39(37)55-44)52-29-33-18-13-14-30(2)45-33/h5-8,13-16,18,20-21,25-26,32,35,40-42,48-49H,1,9-12,17,19,22-24,27-29H2,2-4H3. The number of allylic oxidation sites excluding steroid dienone is 1. The summed E-state index contributed by atoms with van der Waals surface area (Å²) < 4.78 is 25.7. The highest BCUT2D eigenvalue weighted by molar-refractivity contribution is 6.02. The van der Waals surface area contributed by atoms with Crippen LogP contribution in [0.4, 0.5) is 4.79 Å². The number of fused-ring (bicyclic) bond motifs is 2. The van der Waals surface area contributed by atoms with Gasteiger partial charge in [-0.25, -0.2) is 4.79 Å². The number of hydrogen-bond donors (Lipinski definition) is 2. The van der Waals surface area contributed by atoms with E-state index in [0.717, 1.165) is 59.5 Å². The third kappa shape index (κ3) is 8.90. The molecular formula is C44H55N3O8. The lowest BCUT2D eigenvalue weighted by atomic mass is 9.55. The zero-order valence-corrected chi connectivity index (χ0v) is 32.3. The van der Waals surface area contributed by atoms with Gasteiger partial charge < -0.3 is 38.9 Å². The molecule has 55 heavy (non-hydrogen) atoms. The van der Waals surface area contributed by atoms with E-state index in [1.807, 2.05) is 67.6 Å². The Balaban J connectivity index is 1.52. The molecule has 6 rings (SSSR count). The van der Waals surface area contributed by atoms with E-state index in [0.29, 0.717) is 30.9 Å². The maximum Gasteiger partial charge on any atom is 0.409 e. The summed E-state index contributed by atoms with van der Waals surface area (Å²) in [4.78, 5) is 25.7. The fraction of sp³-hybridized carbons (Fsp3) is 0.477. The molecule has 1 saturated carbocycles. The number of pyridine rings is 1. The number of aliphatic hydroxyl groups excluding tert-OH is 2. The quantitative estimate of drug-likeness (QED) is 0.0770. The van der Waals surface area contributed by atoms with Crippen molar-refractivity contribution in [2.24, 2.45) is 22.9 Å². The number of aryl methyl sites for hydroxylation is 1. The van der Waals surface area contributed by atoms with Gasteiger partial charge in [-0.05, 0) is 85.9 Å². The lowest BCUT2D eigenvalue weighted by molar-refractivity contribution is -0.253. The molecule has 11 nitrogen and oxygen atoms in total. The molecule has 0 bridgehead atoms. The molecule has 1 amide bonds. The molecule has 6 unspecified atom stereocenters. The summed E-state index contributed by atoms with van der Waals surface area (Å²) in [5, 5.41) is 24.5. The van der Waals surface area contributed by atoms with E-state index in [-0.39, 0.29) is 50.6 Å². The Morgan fingerprint density at radius 2 is 1.82 bits per heavy atom. The molecule has 0 radical (unpaired) electrons. The number of amides is 1. The minimum atomic E-state index is -1.35. The normalized spacial score (nSPS) is 24.5. The van der Waals surface area contributed by atoms with Crippen molar-refractivity contribution in [3.8, 4) is 11.5 Å². The minimum absolute atomic E-state index is 0.0932. The molecule has 2 heterocycles. The summed E-state index contributed by atoms with van der Waals surface area (Å²) in [7, 11) is 3.07. The average Bonchev–Trinajstić information content (AvgIpc) is 3.20. The molecule has 6 atom stereocenters. The molecule has 1 aliphatic heterocycles. The molecule has 3 aromatic rings. The molecule has 0 spiro atoms. The number of oxime groups is 1. The van der Waals surface area contributed by atoms with E-state index < -0.39 is 23.8 Å². The first-order valence-corrected chi connectivity index (χ1v) is 19.4. The maximum atomic E-state index is 13.4. The van der Waals surface area contributed by atoms with Crippen LogP contribution in [0, 0.1) is 24.7 Å². The van der Waals surface area contributed by atoms with Crippen molar-refractivity contribution in [2.45, 2.75) is 82.8 Å². The Morgan fingerprint density at radius 3 is 2.55 bits per heavy atom. The second-order valence-electron chi connectivity index (χ2n) is 14.7. The number of unbranched alkanes of at least 4 members (excludes halogenated alkanes) is 2. The van der Waals surface area contributed by atoms with Crippen LogP contribution in [0.5, 0.6) is 11.5 Å². The van der Waals surface area contributed by atoms with Gasteiger partial charge in [0.15, 0.2) is 0 Å². The number of aliphatic hydroxyl groups is 2. The van der Waals surface area contributed by atoms with E-state index >= 15 is 0 Å². The number of nitrogens with zero attached hydrogens (tertiary/aromatic N) is 3. The van der Waals surface area contributed by atoms with Crippen molar-refractivity contribution in [3.05, 3.63) is 114 Å². The van der Waals surface area contributed by atoms with E-state index in [1.165, 1.54) is 7.11 Å². The monoisotopic (exact) mass is 753 g/mol. The van der Waals surface area contributed by atoms with E-state index in [2.05, 4.69) is 23.7 Å². The highest BCUT2D eigenvalue weighted by Crippen LogP contribution is 2.61. The molecule has 1 aromatic heterocycles. The fourth-order valence-electron chi connectivity index (χ4n) is 8.68. The number of likely N-dealkylation sites (N-methyl/N-ethyl adjacent to an activating group) is 1. The van der Waals surface area contributed by atoms with Crippen molar-refractivity contribution in [2.75, 3.05) is 34.0 Å². The van der Waals surface area contributed by atoms with Crippen LogP contribution in [0.1, 0.15) is 73.4 Å². The van der Waals surface area contributed by atoms with Crippen molar-refractivity contribution >= 4 is 11.8 Å². The van der Waals surface area contributed by atoms with Crippen molar-refractivity contribution in [1.29, 1.82) is 0 Å². The highest BCUT2D eigenvalue weighted by Gasteiger charge is 2.65. The molecule has 2 N–H and O–H groups in total. The number of benzene rings is 2. The van der Waals surface area contributed by atoms with Crippen LogP contribution in [0.3, 0.4) is 0 Å². The first kappa shape index (κ1) is 40.0. The molecule has 11 heteroatoms. The van der Waals surface area contributed by atoms with Gasteiger partial charge in [0.1, 0.15) is 30.8 Å². The van der Waals surface area contributed by atoms with Gasteiger partial charge in [0.25, 0.3) is 0 Å². The van der Waals surface area contributed by atoms with E-state index in [4.69, 9.17) is 28.9 Å². The SMILES string of the molecule is C=CCOC12Oc3ccc(OCc4cccc(C)n4)cc3C3C(CCCCO)C(CCCCO)C=C(C(=NOCc4ccccc4)CC1N(C)C(=O)OC)C32. The summed E-state index contributed by atoms with van der Waals surface area (Å²) in [5.74, 6) is -0.398. The first-order chi connectivity index (χ1) is 26.8. The lowest BCUT2D eigenvalue weighted by Crippen LogP contribution is -2.69. The minimum Gasteiger partial charge on any atom is -0.487 e. The molecule has 0 saturated heterocycles. The van der Waals surface area contributed by atoms with Crippen LogP contribution in [0.25, 0.3) is 0 Å². The van der Waals surface area contributed by atoms with Gasteiger partial charge >= 0.3 is 6.09 Å². The summed E-state index contributed by atoms with van der Waals surface area (Å²) in [6.07, 6.45) is 8.50. The van der Waals surface area contributed by atoms with E-state index in [9.17, 15) is 15.0 Å². The van der Waals surface area contributed by atoms with Crippen LogP contribution in [-0.2, 0) is 27.5 Å². The van der Waals surface area contributed by atoms with Gasteiger partial charge in [-0.2, -0.15) is 0 Å². The van der Waals surface area contributed by atoms with Crippen molar-refractivity contribution in [1.82, 2.24) is 9.88 Å². The van der Waals surface area contributed by atoms with Gasteiger partial charge in [-0.3, -0.25) is 4.98 Å². The number of carbonyl (C=O) groups is 1. The van der Waals surface area contributed by atoms with Crippen LogP contribution >= 0.6 is 0 Å². The number of aromatic nitrogens is 1. The maximum absolute atomic E-state index is 13.4. The third-order valence-electron chi connectivity index (χ3n) is 11.2. The largest absolute Gasteiger partial charge is 0.487 e. The summed E-state index contributed by atoms with van der Waals surface area (Å²) >= 11 is 0. The molecule has 1 fully saturated rings. The number of hydrogen-bond acceptors (Lipinski definition) is 10. The van der Waals surface area contributed by atoms with Gasteiger partial charge in [0.05, 0.1) is 31.0 Å². The Kier molecular flexibility index (Phi) is 13.6. The van der Waals surface area contributed by atoms with Gasteiger partial charge in [-0.15, -0.1) is 6.58 Å². The highest BCUT2D eigenvalue weighted by atomic mass is 16.7. The second kappa shape index (κ2) is 18.8. The number of methoxy groups -OCH3 is 1. The predicted molar refractivity (Wildman–Crippen MR) is 210 cm³/mol. The first-order valence-electron chi connectivity index (χ1n) is 19.4. The average molecular weight is 754 g/mol. The number of carbonyl (C=O) groups excluding carboxylic acids is 1. The molecule has 3 aliphatic rings. The smallest absolute Gasteiger partial charge is 0.409 e. The summed E-state index contributed by atoms with van der Waals surface area (Å²) in [6, 6.07) is 21.0. The zero-order chi connectivity index (χ0) is 38.8. The van der Waals surface area contributed by atoms with Crippen LogP contribution in [0.15, 0.2) is 96.2 Å². The summed E-state index contributed by atoms with van der Waals surface area (Å²) in [6.45, 7) is 6.92. The fourth-order valence-corrected chi connectivity index (χ4v) is 8.68. The molecular weight excluding hydrogens is 698 g/mol. The number of ether oxygens (including phenoxy) is 4. The van der Waals surface area contributed by atoms with Crippen LogP contribution < -0.4 is 9.47 Å². The molecule has 2 aliphatic carbocycles. The van der Waals surface area contributed by atoms with Crippen molar-refractivity contribution in [3.63, 3.8) is 0 Å². The number of rotatable bonds is 18. The Hall–Kier alpha value is -4.71. The Bertz CT molecular complexity index is 1820. The third-order valence-corrected chi connectivity index (χ3v) is 11.2. The predicted octanol–water partition coefficient (Wildman–Crippen LogP) is 7.50. The molecule has 2 aromatic carbocycles. The molecule has 294 valence electrons. The van der Waals surface area contributed by atoms with Gasteiger partial charge in [0, 0.05) is 43.9 Å². The Morgan fingerprint density at radius 1 is 1.04 bits per heavy atom. The second-order valence-corrected chi connectivity index (χ2v) is 14.7. The summed E-state index contributed by atoms with van der Waals surface area (Å²) in [5.41, 5.74) is 5.40. The topological polar surface area (TPSA) is 132 Å². The lowest BCUT2D eigenvalue weighted by Gasteiger charge is -2.59. The van der Waals surface area contributed by atoms with Gasteiger partial charge in [-0.1, -0.05) is 66.5 Å². The van der Waals surface area contributed by atoms with Gasteiger partial charge in [0.2, 0.25) is 5.79 Å². The van der Waals surface area contributed by atoms with Crippen LogP contribution in [-0.4, -0.2) is 77.7 Å². The Labute approximate surface area is 324 Å². The van der Waals surface area contributed by atoms with Crippen LogP contribution in [0.2, 0.25) is 0 Å².